The van der Waals surface area contributed by atoms with E-state index in [1.807, 2.05) is 43.3 Å². The van der Waals surface area contributed by atoms with Crippen molar-refractivity contribution in [3.63, 3.8) is 0 Å². The molecule has 11 nitrogen and oxygen atoms in total. The molecule has 51 heavy (non-hydrogen) atoms. The third kappa shape index (κ3) is 5.63. The molecule has 2 N–H and O–H groups in total. The van der Waals surface area contributed by atoms with Crippen molar-refractivity contribution in [2.45, 2.75) is 36.5 Å². The van der Waals surface area contributed by atoms with Crippen LogP contribution < -0.4 is 24.6 Å². The van der Waals surface area contributed by atoms with Crippen LogP contribution in [0.4, 0.5) is 11.4 Å². The summed E-state index contributed by atoms with van der Waals surface area (Å²) in [5.41, 5.74) is 3.46. The summed E-state index contributed by atoms with van der Waals surface area (Å²) in [5, 5.41) is 3.63. The van der Waals surface area contributed by atoms with Crippen molar-refractivity contribution in [2.24, 2.45) is 29.6 Å². The highest BCUT2D eigenvalue weighted by atomic mass is 32.2. The first kappa shape index (κ1) is 33.3. The van der Waals surface area contributed by atoms with Crippen LogP contribution >= 0.6 is 23.1 Å². The van der Waals surface area contributed by atoms with Crippen molar-refractivity contribution in [3.8, 4) is 11.5 Å². The van der Waals surface area contributed by atoms with Gasteiger partial charge in [-0.3, -0.25) is 24.1 Å². The summed E-state index contributed by atoms with van der Waals surface area (Å²) in [6, 6.07) is 19.5. The number of benzene rings is 3. The molecule has 2 aliphatic heterocycles. The number of thioether (sulfide) groups is 1. The third-order valence-electron chi connectivity index (χ3n) is 10.6. The van der Waals surface area contributed by atoms with Gasteiger partial charge >= 0.3 is 10.8 Å². The smallest absolute Gasteiger partial charge is 0.338 e. The van der Waals surface area contributed by atoms with E-state index in [4.69, 9.17) is 14.2 Å². The number of ether oxygens (including phenoxy) is 3. The van der Waals surface area contributed by atoms with Gasteiger partial charge in [-0.15, -0.1) is 11.8 Å². The number of thiazole rings is 1. The Bertz CT molecular complexity index is 2110. The quantitative estimate of drug-likeness (QED) is 0.166. The van der Waals surface area contributed by atoms with Gasteiger partial charge in [-0.1, -0.05) is 35.1 Å². The number of aromatic nitrogens is 1. The first-order valence-electron chi connectivity index (χ1n) is 16.9. The van der Waals surface area contributed by atoms with Crippen molar-refractivity contribution >= 4 is 58.2 Å². The van der Waals surface area contributed by atoms with Crippen molar-refractivity contribution in [3.05, 3.63) is 98.0 Å². The Morgan fingerprint density at radius 1 is 0.941 bits per heavy atom. The van der Waals surface area contributed by atoms with Gasteiger partial charge in [0.25, 0.3) is 5.91 Å². The molecule has 2 bridgehead atoms. The maximum Gasteiger partial charge on any atom is 0.338 e. The summed E-state index contributed by atoms with van der Waals surface area (Å²) in [7, 11) is 1.53. The van der Waals surface area contributed by atoms with E-state index in [-0.39, 0.29) is 64.7 Å². The van der Waals surface area contributed by atoms with Crippen molar-refractivity contribution in [1.82, 2.24) is 4.98 Å². The van der Waals surface area contributed by atoms with Gasteiger partial charge in [0.05, 0.1) is 41.8 Å². The van der Waals surface area contributed by atoms with Crippen LogP contribution in [-0.2, 0) is 19.1 Å². The summed E-state index contributed by atoms with van der Waals surface area (Å²) < 4.78 is 16.6. The molecule has 3 heterocycles. The fourth-order valence-corrected chi connectivity index (χ4v) is 11.5. The zero-order chi connectivity index (χ0) is 35.6. The molecule has 262 valence electrons. The van der Waals surface area contributed by atoms with Gasteiger partial charge in [-0.2, -0.15) is 0 Å². The number of esters is 1. The van der Waals surface area contributed by atoms with Crippen LogP contribution in [0.25, 0.3) is 0 Å². The average molecular weight is 726 g/mol. The van der Waals surface area contributed by atoms with Gasteiger partial charge in [-0.05, 0) is 92.1 Å². The summed E-state index contributed by atoms with van der Waals surface area (Å²) in [6.45, 7) is 3.69. The molecule has 8 rings (SSSR count). The van der Waals surface area contributed by atoms with Gasteiger partial charge < -0.3 is 24.5 Å². The Morgan fingerprint density at radius 3 is 2.37 bits per heavy atom. The number of rotatable bonds is 9. The predicted octanol–water partition coefficient (Wildman–Crippen LogP) is 5.63. The van der Waals surface area contributed by atoms with Crippen molar-refractivity contribution in [1.29, 1.82) is 0 Å². The molecule has 1 saturated heterocycles. The SMILES string of the molecule is CCOC(=O)c1ccc(NC(=O)COc2ccc([C@H]3c4sc(=O)[nH]c4SC4C5CC(C6C(=O)N(c7ccc(C)cc7)C(=O)C56)C43)cc2OC)cc1. The number of hydrogen-bond acceptors (Lipinski definition) is 10. The normalized spacial score (nSPS) is 25.6. The monoisotopic (exact) mass is 725 g/mol. The van der Waals surface area contributed by atoms with Crippen LogP contribution in [0.1, 0.15) is 45.6 Å². The molecule has 13 heteroatoms. The zero-order valence-electron chi connectivity index (χ0n) is 28.0. The Morgan fingerprint density at radius 2 is 1.67 bits per heavy atom. The van der Waals surface area contributed by atoms with Gasteiger partial charge in [0.15, 0.2) is 18.1 Å². The molecule has 2 aliphatic carbocycles. The third-order valence-corrected chi connectivity index (χ3v) is 13.2. The molecule has 2 saturated carbocycles. The first-order valence-corrected chi connectivity index (χ1v) is 18.6. The fraction of sp³-hybridized carbons (Fsp3) is 0.342. The number of fused-ring (bicyclic) bond motifs is 9. The van der Waals surface area contributed by atoms with Crippen LogP contribution in [0.15, 0.2) is 76.6 Å². The first-order chi connectivity index (χ1) is 24.7. The van der Waals surface area contributed by atoms with Crippen LogP contribution in [0, 0.1) is 36.5 Å². The number of nitrogens with one attached hydrogen (secondary N) is 2. The standard InChI is InChI=1S/C38H35N3O8S2/c1-4-48-37(45)19-7-10-21(11-8-19)39-27(42)17-49-25-14-9-20(15-26(25)47-3)28-29-23-16-24(32(29)50-34-33(28)51-38(46)40-34)31-30(23)35(43)41(36(31)44)22-12-5-18(2)6-13-22/h5-15,23-24,28-32H,4,16-17H2,1-3H3,(H,39,42)(H,40,46)/t23?,24?,28-,29?,30?,31?,32?/m1/s1. The fourth-order valence-electron chi connectivity index (χ4n) is 8.58. The van der Waals surface area contributed by atoms with E-state index in [1.54, 1.807) is 49.0 Å². The number of nitrogens with zero attached hydrogens (tertiary/aromatic N) is 1. The van der Waals surface area contributed by atoms with Gasteiger partial charge in [0.2, 0.25) is 11.8 Å². The lowest BCUT2D eigenvalue weighted by atomic mass is 9.68. The Labute approximate surface area is 301 Å². The molecule has 3 aromatic carbocycles. The highest BCUT2D eigenvalue weighted by molar-refractivity contribution is 8.00. The molecular weight excluding hydrogens is 691 g/mol. The van der Waals surface area contributed by atoms with Crippen LogP contribution in [0.3, 0.4) is 0 Å². The lowest BCUT2D eigenvalue weighted by Gasteiger charge is -2.43. The molecule has 1 aromatic heterocycles. The minimum atomic E-state index is -0.435. The lowest BCUT2D eigenvalue weighted by Crippen LogP contribution is -2.42. The van der Waals surface area contributed by atoms with E-state index in [2.05, 4.69) is 10.3 Å². The van der Waals surface area contributed by atoms with Gasteiger partial charge in [0, 0.05) is 21.7 Å². The van der Waals surface area contributed by atoms with Crippen molar-refractivity contribution in [2.75, 3.05) is 30.5 Å². The topological polar surface area (TPSA) is 144 Å². The number of carbonyl (C=O) groups excluding carboxylic acids is 4. The molecule has 3 amide bonds. The molecule has 4 aliphatic rings. The second-order valence-corrected chi connectivity index (χ2v) is 15.6. The number of hydrogen-bond donors (Lipinski definition) is 2. The molecule has 6 unspecified atom stereocenters. The molecule has 0 radical (unpaired) electrons. The van der Waals surface area contributed by atoms with E-state index in [0.717, 1.165) is 27.5 Å². The van der Waals surface area contributed by atoms with Crippen molar-refractivity contribution < 1.29 is 33.4 Å². The molecular formula is C38H35N3O8S2. The van der Waals surface area contributed by atoms with E-state index in [1.165, 1.54) is 23.3 Å². The molecule has 3 fully saturated rings. The number of H-pyrrole nitrogens is 1. The van der Waals surface area contributed by atoms with Crippen LogP contribution in [-0.4, -0.2) is 54.2 Å². The predicted molar refractivity (Wildman–Crippen MR) is 192 cm³/mol. The van der Waals surface area contributed by atoms with Gasteiger partial charge in [-0.25, -0.2) is 4.79 Å². The summed E-state index contributed by atoms with van der Waals surface area (Å²) in [5.74, 6) is -1.28. The number of carbonyl (C=O) groups is 4. The largest absolute Gasteiger partial charge is 0.493 e. The number of aryl methyl sites for hydroxylation is 1. The minimum Gasteiger partial charge on any atom is -0.493 e. The van der Waals surface area contributed by atoms with Crippen LogP contribution in [0.2, 0.25) is 0 Å². The lowest BCUT2D eigenvalue weighted by molar-refractivity contribution is -0.123. The highest BCUT2D eigenvalue weighted by Crippen LogP contribution is 2.68. The second-order valence-electron chi connectivity index (χ2n) is 13.4. The van der Waals surface area contributed by atoms with Gasteiger partial charge in [0.1, 0.15) is 0 Å². The minimum absolute atomic E-state index is 0.00494. The molecule has 7 atom stereocenters. The highest BCUT2D eigenvalue weighted by Gasteiger charge is 2.69. The number of imide groups is 1. The maximum absolute atomic E-state index is 14.1. The number of methoxy groups -OCH3 is 1. The number of aromatic amines is 1. The molecule has 4 aromatic rings. The van der Waals surface area contributed by atoms with E-state index in [9.17, 15) is 24.0 Å². The maximum atomic E-state index is 14.1. The van der Waals surface area contributed by atoms with E-state index >= 15 is 0 Å². The zero-order valence-corrected chi connectivity index (χ0v) is 29.7. The Hall–Kier alpha value is -4.88. The number of amides is 3. The summed E-state index contributed by atoms with van der Waals surface area (Å²) in [6.07, 6.45) is 0.783. The molecule has 0 spiro atoms. The Balaban J connectivity index is 1.03. The van der Waals surface area contributed by atoms with E-state index in [0.29, 0.717) is 28.4 Å². The summed E-state index contributed by atoms with van der Waals surface area (Å²) in [4.78, 5) is 70.6. The van der Waals surface area contributed by atoms with E-state index < -0.39 is 17.8 Å². The Kier molecular flexibility index (Phi) is 8.50. The van der Waals surface area contributed by atoms with Crippen LogP contribution in [0.5, 0.6) is 11.5 Å². The number of anilines is 2. The summed E-state index contributed by atoms with van der Waals surface area (Å²) >= 11 is 2.83. The average Bonchev–Trinajstić information content (AvgIpc) is 3.87. The second kappa shape index (κ2) is 13.0.